The number of hydrogen-bond donors (Lipinski definition) is 1. The van der Waals surface area contributed by atoms with Crippen molar-refractivity contribution in [3.63, 3.8) is 0 Å². The molecule has 1 aliphatic heterocycles. The molecule has 0 aromatic heterocycles. The minimum absolute atomic E-state index is 0.0146. The van der Waals surface area contributed by atoms with Gasteiger partial charge in [-0.25, -0.2) is 0 Å². The van der Waals surface area contributed by atoms with Crippen molar-refractivity contribution < 1.29 is 18.9 Å². The van der Waals surface area contributed by atoms with Crippen LogP contribution >= 0.6 is 0 Å². The first kappa shape index (κ1) is 15.9. The molecule has 21 heavy (non-hydrogen) atoms. The zero-order valence-corrected chi connectivity index (χ0v) is 13.3. The molecule has 1 atom stereocenters. The molecule has 0 amide bonds. The Morgan fingerprint density at radius 2 is 1.90 bits per heavy atom. The van der Waals surface area contributed by atoms with E-state index < -0.39 is 0 Å². The summed E-state index contributed by atoms with van der Waals surface area (Å²) in [7, 11) is 1.67. The third kappa shape index (κ3) is 4.51. The van der Waals surface area contributed by atoms with Gasteiger partial charge in [-0.05, 0) is 25.5 Å². The lowest BCUT2D eigenvalue weighted by atomic mass is 10.1. The Morgan fingerprint density at radius 1 is 1.19 bits per heavy atom. The number of nitrogens with one attached hydrogen (secondary N) is 1. The Hall–Kier alpha value is -1.46. The van der Waals surface area contributed by atoms with Crippen LogP contribution in [0.15, 0.2) is 12.1 Å². The van der Waals surface area contributed by atoms with Gasteiger partial charge in [0.25, 0.3) is 0 Å². The maximum atomic E-state index is 5.97. The van der Waals surface area contributed by atoms with Crippen LogP contribution in [0.5, 0.6) is 17.2 Å². The Bertz CT molecular complexity index is 462. The minimum Gasteiger partial charge on any atom is -0.488 e. The Morgan fingerprint density at radius 3 is 2.57 bits per heavy atom. The summed E-state index contributed by atoms with van der Waals surface area (Å²) in [6.07, 6.45) is -0.0146. The number of ether oxygens (including phenoxy) is 4. The van der Waals surface area contributed by atoms with E-state index in [0.717, 1.165) is 35.9 Å². The smallest absolute Gasteiger partial charge is 0.231 e. The van der Waals surface area contributed by atoms with Crippen LogP contribution in [0.25, 0.3) is 0 Å². The quantitative estimate of drug-likeness (QED) is 0.799. The molecule has 0 saturated carbocycles. The summed E-state index contributed by atoms with van der Waals surface area (Å²) in [5.74, 6) is 2.95. The standard InChI is InChI=1S/C16H25NO4/c1-11(2)7-17-8-13-5-15-16(20-10-19-15)6-14(13)21-12(3)9-18-4/h5-6,11-12,17H,7-10H2,1-4H3. The summed E-state index contributed by atoms with van der Waals surface area (Å²) in [6, 6.07) is 3.89. The lowest BCUT2D eigenvalue weighted by molar-refractivity contribution is 0.0911. The molecular weight excluding hydrogens is 270 g/mol. The molecule has 5 heteroatoms. The monoisotopic (exact) mass is 295 g/mol. The molecule has 1 heterocycles. The zero-order chi connectivity index (χ0) is 15.2. The SMILES string of the molecule is COCC(C)Oc1cc2c(cc1CNCC(C)C)OCO2. The molecule has 1 aliphatic rings. The van der Waals surface area contributed by atoms with Gasteiger partial charge in [-0.3, -0.25) is 0 Å². The summed E-state index contributed by atoms with van der Waals surface area (Å²) < 4.78 is 22.0. The molecule has 118 valence electrons. The van der Waals surface area contributed by atoms with Gasteiger partial charge in [0.05, 0.1) is 6.61 Å². The van der Waals surface area contributed by atoms with Crippen molar-refractivity contribution >= 4 is 0 Å². The Kier molecular flexibility index (Phi) is 5.70. The van der Waals surface area contributed by atoms with E-state index in [1.807, 2.05) is 19.1 Å². The molecule has 0 spiro atoms. The van der Waals surface area contributed by atoms with Crippen molar-refractivity contribution in [3.05, 3.63) is 17.7 Å². The summed E-state index contributed by atoms with van der Waals surface area (Å²) in [5, 5.41) is 3.43. The highest BCUT2D eigenvalue weighted by Crippen LogP contribution is 2.38. The summed E-state index contributed by atoms with van der Waals surface area (Å²) in [6.45, 7) is 8.87. The van der Waals surface area contributed by atoms with E-state index >= 15 is 0 Å². The maximum absolute atomic E-state index is 5.97. The number of benzene rings is 1. The summed E-state index contributed by atoms with van der Waals surface area (Å²) in [5.41, 5.74) is 1.07. The Balaban J connectivity index is 2.11. The molecule has 1 N–H and O–H groups in total. The second-order valence-electron chi connectivity index (χ2n) is 5.72. The van der Waals surface area contributed by atoms with Gasteiger partial charge in [0.2, 0.25) is 6.79 Å². The second kappa shape index (κ2) is 7.52. The number of rotatable bonds is 8. The van der Waals surface area contributed by atoms with Crippen LogP contribution in [-0.4, -0.2) is 33.2 Å². The average molecular weight is 295 g/mol. The zero-order valence-electron chi connectivity index (χ0n) is 13.3. The van der Waals surface area contributed by atoms with Gasteiger partial charge >= 0.3 is 0 Å². The van der Waals surface area contributed by atoms with E-state index in [0.29, 0.717) is 12.5 Å². The van der Waals surface area contributed by atoms with Crippen LogP contribution < -0.4 is 19.5 Å². The van der Waals surface area contributed by atoms with E-state index in [9.17, 15) is 0 Å². The van der Waals surface area contributed by atoms with Gasteiger partial charge in [0.1, 0.15) is 11.9 Å². The molecule has 0 radical (unpaired) electrons. The molecule has 5 nitrogen and oxygen atoms in total. The van der Waals surface area contributed by atoms with E-state index in [2.05, 4.69) is 19.2 Å². The van der Waals surface area contributed by atoms with Crippen LogP contribution in [0.3, 0.4) is 0 Å². The Labute approximate surface area is 126 Å². The number of hydrogen-bond acceptors (Lipinski definition) is 5. The summed E-state index contributed by atoms with van der Waals surface area (Å²) in [4.78, 5) is 0. The van der Waals surface area contributed by atoms with Gasteiger partial charge in [0.15, 0.2) is 11.5 Å². The van der Waals surface area contributed by atoms with E-state index in [1.54, 1.807) is 7.11 Å². The fraction of sp³-hybridized carbons (Fsp3) is 0.625. The molecule has 1 aromatic rings. The average Bonchev–Trinajstić information content (AvgIpc) is 2.85. The van der Waals surface area contributed by atoms with Crippen molar-refractivity contribution in [2.45, 2.75) is 33.4 Å². The van der Waals surface area contributed by atoms with Gasteiger partial charge in [0, 0.05) is 25.3 Å². The predicted octanol–water partition coefficient (Wildman–Crippen LogP) is 2.57. The van der Waals surface area contributed by atoms with Crippen molar-refractivity contribution in [2.75, 3.05) is 27.1 Å². The van der Waals surface area contributed by atoms with Gasteiger partial charge in [-0.2, -0.15) is 0 Å². The highest BCUT2D eigenvalue weighted by atomic mass is 16.7. The highest BCUT2D eigenvalue weighted by molar-refractivity contribution is 5.51. The van der Waals surface area contributed by atoms with Crippen molar-refractivity contribution in [1.29, 1.82) is 0 Å². The minimum atomic E-state index is -0.0146. The van der Waals surface area contributed by atoms with Crippen LogP contribution in [0, 0.1) is 5.92 Å². The lowest BCUT2D eigenvalue weighted by Gasteiger charge is -2.18. The highest BCUT2D eigenvalue weighted by Gasteiger charge is 2.19. The second-order valence-corrected chi connectivity index (χ2v) is 5.72. The molecule has 0 bridgehead atoms. The molecule has 1 aromatic carbocycles. The first-order chi connectivity index (χ1) is 10.1. The van der Waals surface area contributed by atoms with Gasteiger partial charge in [-0.1, -0.05) is 13.8 Å². The summed E-state index contributed by atoms with van der Waals surface area (Å²) >= 11 is 0. The van der Waals surface area contributed by atoms with E-state index in [-0.39, 0.29) is 12.9 Å². The fourth-order valence-corrected chi connectivity index (χ4v) is 2.19. The van der Waals surface area contributed by atoms with E-state index in [4.69, 9.17) is 18.9 Å². The number of fused-ring (bicyclic) bond motifs is 1. The third-order valence-electron chi connectivity index (χ3n) is 3.15. The molecule has 1 unspecified atom stereocenters. The molecule has 2 rings (SSSR count). The maximum Gasteiger partial charge on any atom is 0.231 e. The molecule has 0 fully saturated rings. The van der Waals surface area contributed by atoms with Crippen LogP contribution in [-0.2, 0) is 11.3 Å². The molecular formula is C16H25NO4. The first-order valence-corrected chi connectivity index (χ1v) is 7.39. The largest absolute Gasteiger partial charge is 0.488 e. The molecule has 0 aliphatic carbocycles. The third-order valence-corrected chi connectivity index (χ3v) is 3.15. The van der Waals surface area contributed by atoms with Gasteiger partial charge in [-0.15, -0.1) is 0 Å². The van der Waals surface area contributed by atoms with Crippen LogP contribution in [0.4, 0.5) is 0 Å². The van der Waals surface area contributed by atoms with E-state index in [1.165, 1.54) is 0 Å². The van der Waals surface area contributed by atoms with Crippen molar-refractivity contribution in [1.82, 2.24) is 5.32 Å². The van der Waals surface area contributed by atoms with Crippen molar-refractivity contribution in [2.24, 2.45) is 5.92 Å². The normalized spacial score (nSPS) is 14.5. The first-order valence-electron chi connectivity index (χ1n) is 7.39. The van der Waals surface area contributed by atoms with Crippen LogP contribution in [0.2, 0.25) is 0 Å². The van der Waals surface area contributed by atoms with Gasteiger partial charge < -0.3 is 24.3 Å². The topological polar surface area (TPSA) is 49.0 Å². The van der Waals surface area contributed by atoms with Crippen molar-refractivity contribution in [3.8, 4) is 17.2 Å². The fourth-order valence-electron chi connectivity index (χ4n) is 2.19. The predicted molar refractivity (Wildman–Crippen MR) is 81.1 cm³/mol. The lowest BCUT2D eigenvalue weighted by Crippen LogP contribution is -2.22. The molecule has 0 saturated heterocycles. The van der Waals surface area contributed by atoms with Crippen LogP contribution in [0.1, 0.15) is 26.3 Å². The number of methoxy groups -OCH3 is 1.